The van der Waals surface area contributed by atoms with E-state index in [-0.39, 0.29) is 0 Å². The highest BCUT2D eigenvalue weighted by Gasteiger charge is 2.38. The Bertz CT molecular complexity index is 138. The lowest BCUT2D eigenvalue weighted by Crippen LogP contribution is -2.49. The predicted molar refractivity (Wildman–Crippen MR) is 55.9 cm³/mol. The molecule has 2 nitrogen and oxygen atoms in total. The van der Waals surface area contributed by atoms with Crippen molar-refractivity contribution in [2.24, 2.45) is 0 Å². The fraction of sp³-hybridized carbons (Fsp3) is 1.00. The minimum atomic E-state index is -0.768. The Morgan fingerprint density at radius 2 is 1.69 bits per heavy atom. The predicted octanol–water partition coefficient (Wildman–Crippen LogP) is 2.74. The van der Waals surface area contributed by atoms with Crippen LogP contribution in [0.15, 0.2) is 0 Å². The minimum absolute atomic E-state index is 0.415. The number of aliphatic hydroxyl groups is 1. The second-order valence-electron chi connectivity index (χ2n) is 4.45. The summed E-state index contributed by atoms with van der Waals surface area (Å²) in [6.45, 7) is 7.77. The van der Waals surface area contributed by atoms with Gasteiger partial charge in [-0.2, -0.15) is 0 Å². The maximum Gasteiger partial charge on any atom is 0.0930 e. The van der Waals surface area contributed by atoms with E-state index in [0.717, 1.165) is 12.8 Å². The molecule has 0 bridgehead atoms. The lowest BCUT2D eigenvalue weighted by Gasteiger charge is -2.39. The third-order valence-electron chi connectivity index (χ3n) is 3.00. The Balaban J connectivity index is 4.13. The molecule has 0 heterocycles. The van der Waals surface area contributed by atoms with E-state index >= 15 is 0 Å². The monoisotopic (exact) mass is 188 g/mol. The molecule has 0 saturated carbocycles. The zero-order valence-corrected chi connectivity index (χ0v) is 9.68. The molecular weight excluding hydrogens is 164 g/mol. The molecule has 0 aliphatic carbocycles. The lowest BCUT2D eigenvalue weighted by molar-refractivity contribution is -0.145. The molecule has 0 aromatic heterocycles. The highest BCUT2D eigenvalue weighted by Crippen LogP contribution is 2.30. The summed E-state index contributed by atoms with van der Waals surface area (Å²) in [6.07, 6.45) is 4.44. The number of hydrogen-bond donors (Lipinski definition) is 1. The maximum atomic E-state index is 9.91. The van der Waals surface area contributed by atoms with Crippen LogP contribution in [0.5, 0.6) is 0 Å². The minimum Gasteiger partial charge on any atom is -0.387 e. The molecule has 0 aromatic rings. The number of hydrogen-bond acceptors (Lipinski definition) is 2. The lowest BCUT2D eigenvalue weighted by atomic mass is 9.83. The van der Waals surface area contributed by atoms with Gasteiger partial charge < -0.3 is 9.84 Å². The Kier molecular flexibility index (Phi) is 4.93. The molecule has 0 radical (unpaired) electrons. The Morgan fingerprint density at radius 3 is 2.00 bits per heavy atom. The van der Waals surface area contributed by atoms with E-state index in [1.54, 1.807) is 7.11 Å². The van der Waals surface area contributed by atoms with Crippen LogP contribution in [-0.2, 0) is 4.74 Å². The summed E-state index contributed by atoms with van der Waals surface area (Å²) in [7, 11) is 1.67. The van der Waals surface area contributed by atoms with Gasteiger partial charge in [-0.15, -0.1) is 0 Å². The first-order valence-corrected chi connectivity index (χ1v) is 5.15. The average Bonchev–Trinajstić information content (AvgIpc) is 2.02. The van der Waals surface area contributed by atoms with Crippen molar-refractivity contribution in [1.82, 2.24) is 0 Å². The topological polar surface area (TPSA) is 29.5 Å². The van der Waals surface area contributed by atoms with Crippen LogP contribution in [0.3, 0.4) is 0 Å². The molecule has 0 fully saturated rings. The smallest absolute Gasteiger partial charge is 0.0930 e. The largest absolute Gasteiger partial charge is 0.387 e. The van der Waals surface area contributed by atoms with Crippen molar-refractivity contribution in [2.75, 3.05) is 7.11 Å². The molecule has 13 heavy (non-hydrogen) atoms. The van der Waals surface area contributed by atoms with Gasteiger partial charge in [0.2, 0.25) is 0 Å². The molecule has 1 atom stereocenters. The highest BCUT2D eigenvalue weighted by atomic mass is 16.5. The molecule has 0 rings (SSSR count). The van der Waals surface area contributed by atoms with Crippen molar-refractivity contribution in [3.05, 3.63) is 0 Å². The van der Waals surface area contributed by atoms with Crippen LogP contribution in [0.4, 0.5) is 0 Å². The van der Waals surface area contributed by atoms with E-state index in [1.165, 1.54) is 12.8 Å². The van der Waals surface area contributed by atoms with Crippen LogP contribution in [0.25, 0.3) is 0 Å². The van der Waals surface area contributed by atoms with Crippen molar-refractivity contribution in [3.63, 3.8) is 0 Å². The summed E-state index contributed by atoms with van der Waals surface area (Å²) in [4.78, 5) is 0. The van der Waals surface area contributed by atoms with Crippen molar-refractivity contribution >= 4 is 0 Å². The molecule has 1 N–H and O–H groups in total. The normalized spacial score (nSPS) is 17.1. The summed E-state index contributed by atoms with van der Waals surface area (Å²) in [5.74, 6) is 0. The molecule has 80 valence electrons. The summed E-state index contributed by atoms with van der Waals surface area (Å²) >= 11 is 0. The quantitative estimate of drug-likeness (QED) is 0.649. The van der Waals surface area contributed by atoms with Crippen molar-refractivity contribution in [1.29, 1.82) is 0 Å². The summed E-state index contributed by atoms with van der Waals surface area (Å²) < 4.78 is 5.40. The van der Waals surface area contributed by atoms with Gasteiger partial charge in [0.05, 0.1) is 11.2 Å². The molecule has 0 aromatic carbocycles. The van der Waals surface area contributed by atoms with Gasteiger partial charge in [0, 0.05) is 7.11 Å². The number of unbranched alkanes of at least 4 members (excludes halogenated alkanes) is 2. The summed E-state index contributed by atoms with van der Waals surface area (Å²) in [5, 5.41) is 9.91. The van der Waals surface area contributed by atoms with Gasteiger partial charge in [-0.25, -0.2) is 0 Å². The van der Waals surface area contributed by atoms with Gasteiger partial charge in [0.15, 0.2) is 0 Å². The second-order valence-corrected chi connectivity index (χ2v) is 4.45. The van der Waals surface area contributed by atoms with Crippen molar-refractivity contribution in [3.8, 4) is 0 Å². The van der Waals surface area contributed by atoms with Crippen molar-refractivity contribution in [2.45, 2.75) is 64.6 Å². The van der Waals surface area contributed by atoms with Gasteiger partial charge in [-0.1, -0.05) is 26.2 Å². The Hall–Kier alpha value is -0.0800. The fourth-order valence-corrected chi connectivity index (χ4v) is 1.37. The van der Waals surface area contributed by atoms with Crippen LogP contribution in [0, 0.1) is 0 Å². The van der Waals surface area contributed by atoms with Crippen LogP contribution in [0.1, 0.15) is 53.4 Å². The van der Waals surface area contributed by atoms with Gasteiger partial charge in [-0.05, 0) is 27.2 Å². The zero-order chi connectivity index (χ0) is 10.5. The van der Waals surface area contributed by atoms with E-state index in [4.69, 9.17) is 4.74 Å². The third-order valence-corrected chi connectivity index (χ3v) is 3.00. The third kappa shape index (κ3) is 3.65. The van der Waals surface area contributed by atoms with Gasteiger partial charge in [0.1, 0.15) is 0 Å². The molecule has 0 saturated heterocycles. The standard InChI is InChI=1S/C11H24O2/c1-6-7-8-9-11(4,13-5)10(2,3)12/h12H,6-9H2,1-5H3. The average molecular weight is 188 g/mol. The van der Waals surface area contributed by atoms with E-state index in [1.807, 2.05) is 20.8 Å². The molecule has 0 spiro atoms. The van der Waals surface area contributed by atoms with E-state index in [0.29, 0.717) is 0 Å². The Labute approximate surface area is 82.3 Å². The summed E-state index contributed by atoms with van der Waals surface area (Å²) in [5.41, 5.74) is -1.18. The van der Waals surface area contributed by atoms with Crippen LogP contribution >= 0.6 is 0 Å². The number of methoxy groups -OCH3 is 1. The fourth-order valence-electron chi connectivity index (χ4n) is 1.37. The highest BCUT2D eigenvalue weighted by molar-refractivity contribution is 4.91. The Morgan fingerprint density at radius 1 is 1.15 bits per heavy atom. The van der Waals surface area contributed by atoms with Crippen LogP contribution in [0.2, 0.25) is 0 Å². The molecular formula is C11H24O2. The first-order chi connectivity index (χ1) is 5.87. The molecule has 1 unspecified atom stereocenters. The van der Waals surface area contributed by atoms with Gasteiger partial charge in [0.25, 0.3) is 0 Å². The second kappa shape index (κ2) is 4.97. The van der Waals surface area contributed by atoms with Crippen molar-refractivity contribution < 1.29 is 9.84 Å². The SMILES string of the molecule is CCCCCC(C)(OC)C(C)(C)O. The molecule has 2 heteroatoms. The number of rotatable bonds is 6. The van der Waals surface area contributed by atoms with Gasteiger partial charge >= 0.3 is 0 Å². The molecule has 0 aliphatic rings. The van der Waals surface area contributed by atoms with E-state index in [2.05, 4.69) is 6.92 Å². The molecule has 0 aliphatic heterocycles. The first-order valence-electron chi connectivity index (χ1n) is 5.15. The van der Waals surface area contributed by atoms with Crippen LogP contribution < -0.4 is 0 Å². The summed E-state index contributed by atoms with van der Waals surface area (Å²) in [6, 6.07) is 0. The zero-order valence-electron chi connectivity index (χ0n) is 9.68. The van der Waals surface area contributed by atoms with Gasteiger partial charge in [-0.3, -0.25) is 0 Å². The molecule has 0 amide bonds. The van der Waals surface area contributed by atoms with E-state index in [9.17, 15) is 5.11 Å². The first kappa shape index (κ1) is 12.9. The maximum absolute atomic E-state index is 9.91. The van der Waals surface area contributed by atoms with Crippen LogP contribution in [-0.4, -0.2) is 23.4 Å². The van der Waals surface area contributed by atoms with E-state index < -0.39 is 11.2 Å². The number of ether oxygens (including phenoxy) is 1.